The molecule has 3 aromatic rings. The highest BCUT2D eigenvalue weighted by atomic mass is 32.2. The molecule has 0 radical (unpaired) electrons. The predicted octanol–water partition coefficient (Wildman–Crippen LogP) is 3.10. The van der Waals surface area contributed by atoms with Crippen LogP contribution in [0.5, 0.6) is 0 Å². The SMILES string of the molecule is CN=Cc1ccc(S(=O)(=O)N(Cc2ccc(N)cc2)Cc2ccccn2)cc1. The Bertz CT molecular complexity index is 1030. The summed E-state index contributed by atoms with van der Waals surface area (Å²) in [7, 11) is -2.05. The number of nitrogens with zero attached hydrogens (tertiary/aromatic N) is 3. The van der Waals surface area contributed by atoms with Gasteiger partial charge < -0.3 is 5.73 Å². The van der Waals surface area contributed by atoms with E-state index in [1.54, 1.807) is 61.9 Å². The number of hydrogen-bond donors (Lipinski definition) is 1. The molecule has 0 spiro atoms. The second kappa shape index (κ2) is 8.77. The molecule has 0 fully saturated rings. The molecule has 0 saturated carbocycles. The standard InChI is InChI=1S/C21H22N4O2S/c1-23-14-17-7-11-21(12-8-17)28(26,27)25(16-20-4-2-3-13-24-20)15-18-5-9-19(22)10-6-18/h2-14H,15-16,22H2,1H3. The molecule has 28 heavy (non-hydrogen) atoms. The van der Waals surface area contributed by atoms with Crippen LogP contribution in [0.1, 0.15) is 16.8 Å². The lowest BCUT2D eigenvalue weighted by molar-refractivity contribution is 0.397. The van der Waals surface area contributed by atoms with E-state index in [2.05, 4.69) is 9.98 Å². The highest BCUT2D eigenvalue weighted by Crippen LogP contribution is 2.21. The van der Waals surface area contributed by atoms with Crippen molar-refractivity contribution in [2.24, 2.45) is 4.99 Å². The largest absolute Gasteiger partial charge is 0.399 e. The van der Waals surface area contributed by atoms with Gasteiger partial charge in [0.1, 0.15) is 0 Å². The highest BCUT2D eigenvalue weighted by Gasteiger charge is 2.25. The van der Waals surface area contributed by atoms with Crippen molar-refractivity contribution >= 4 is 21.9 Å². The fraction of sp³-hybridized carbons (Fsp3) is 0.143. The van der Waals surface area contributed by atoms with E-state index in [1.165, 1.54) is 4.31 Å². The van der Waals surface area contributed by atoms with Gasteiger partial charge >= 0.3 is 0 Å². The number of benzene rings is 2. The molecule has 7 heteroatoms. The summed E-state index contributed by atoms with van der Waals surface area (Å²) in [6.07, 6.45) is 3.33. The third-order valence-corrected chi connectivity index (χ3v) is 6.01. The van der Waals surface area contributed by atoms with Gasteiger partial charge in [0.2, 0.25) is 10.0 Å². The van der Waals surface area contributed by atoms with Crippen LogP contribution in [0.25, 0.3) is 0 Å². The van der Waals surface area contributed by atoms with Gasteiger partial charge in [0.25, 0.3) is 0 Å². The number of aromatic nitrogens is 1. The molecule has 0 aliphatic carbocycles. The summed E-state index contributed by atoms with van der Waals surface area (Å²) in [4.78, 5) is 8.45. The summed E-state index contributed by atoms with van der Waals surface area (Å²) >= 11 is 0. The topological polar surface area (TPSA) is 88.7 Å². The van der Waals surface area contributed by atoms with Crippen LogP contribution in [0.4, 0.5) is 5.69 Å². The van der Waals surface area contributed by atoms with E-state index in [9.17, 15) is 8.42 Å². The van der Waals surface area contributed by atoms with E-state index in [1.807, 2.05) is 24.3 Å². The molecule has 3 rings (SSSR count). The Hall–Kier alpha value is -3.03. The zero-order valence-corrected chi connectivity index (χ0v) is 16.4. The summed E-state index contributed by atoms with van der Waals surface area (Å²) in [5, 5.41) is 0. The number of nitrogen functional groups attached to an aromatic ring is 1. The predicted molar refractivity (Wildman–Crippen MR) is 111 cm³/mol. The average molecular weight is 395 g/mol. The van der Waals surface area contributed by atoms with Gasteiger partial charge in [0, 0.05) is 31.7 Å². The number of pyridine rings is 1. The monoisotopic (exact) mass is 394 g/mol. The first-order valence-corrected chi connectivity index (χ1v) is 10.2. The minimum absolute atomic E-state index is 0.172. The molecule has 144 valence electrons. The summed E-state index contributed by atoms with van der Waals surface area (Å²) in [5.41, 5.74) is 8.75. The van der Waals surface area contributed by atoms with E-state index in [0.29, 0.717) is 11.4 Å². The van der Waals surface area contributed by atoms with Gasteiger partial charge in [-0.2, -0.15) is 4.31 Å². The van der Waals surface area contributed by atoms with Crippen LogP contribution in [0, 0.1) is 0 Å². The molecule has 0 aliphatic rings. The van der Waals surface area contributed by atoms with Crippen LogP contribution >= 0.6 is 0 Å². The van der Waals surface area contributed by atoms with E-state index in [4.69, 9.17) is 5.73 Å². The number of aliphatic imine (C=N–C) groups is 1. The average Bonchev–Trinajstić information content (AvgIpc) is 2.70. The number of sulfonamides is 1. The lowest BCUT2D eigenvalue weighted by Crippen LogP contribution is -2.30. The zero-order chi connectivity index (χ0) is 20.0. The molecule has 6 nitrogen and oxygen atoms in total. The molecule has 1 heterocycles. The van der Waals surface area contributed by atoms with Crippen molar-refractivity contribution in [3.8, 4) is 0 Å². The van der Waals surface area contributed by atoms with E-state index < -0.39 is 10.0 Å². The van der Waals surface area contributed by atoms with Crippen LogP contribution in [0.2, 0.25) is 0 Å². The van der Waals surface area contributed by atoms with Crippen LogP contribution in [0.15, 0.2) is 82.8 Å². The Morgan fingerprint density at radius 3 is 2.32 bits per heavy atom. The molecule has 1 aromatic heterocycles. The summed E-state index contributed by atoms with van der Waals surface area (Å²) in [6.45, 7) is 0.392. The van der Waals surface area contributed by atoms with Crippen LogP contribution in [-0.4, -0.2) is 31.0 Å². The quantitative estimate of drug-likeness (QED) is 0.493. The van der Waals surface area contributed by atoms with Crippen molar-refractivity contribution in [3.63, 3.8) is 0 Å². The van der Waals surface area contributed by atoms with Gasteiger partial charge in [0.05, 0.1) is 17.1 Å². The fourth-order valence-corrected chi connectivity index (χ4v) is 4.15. The van der Waals surface area contributed by atoms with Crippen LogP contribution in [-0.2, 0) is 23.1 Å². The van der Waals surface area contributed by atoms with Crippen molar-refractivity contribution in [1.82, 2.24) is 9.29 Å². The zero-order valence-electron chi connectivity index (χ0n) is 15.6. The lowest BCUT2D eigenvalue weighted by Gasteiger charge is -2.22. The third kappa shape index (κ3) is 4.82. The van der Waals surface area contributed by atoms with Gasteiger partial charge in [-0.15, -0.1) is 0 Å². The summed E-state index contributed by atoms with van der Waals surface area (Å²) < 4.78 is 28.1. The maximum Gasteiger partial charge on any atom is 0.243 e. The minimum atomic E-state index is -3.72. The minimum Gasteiger partial charge on any atom is -0.399 e. The van der Waals surface area contributed by atoms with E-state index in [0.717, 1.165) is 11.1 Å². The molecule has 2 N–H and O–H groups in total. The second-order valence-electron chi connectivity index (χ2n) is 6.29. The maximum absolute atomic E-state index is 13.3. The first kappa shape index (κ1) is 19.7. The van der Waals surface area contributed by atoms with Crippen molar-refractivity contribution in [3.05, 3.63) is 89.7 Å². The first-order chi connectivity index (χ1) is 13.5. The Morgan fingerprint density at radius 2 is 1.71 bits per heavy atom. The third-order valence-electron chi connectivity index (χ3n) is 4.20. The smallest absolute Gasteiger partial charge is 0.243 e. The first-order valence-electron chi connectivity index (χ1n) is 8.76. The molecule has 0 aliphatic heterocycles. The Kier molecular flexibility index (Phi) is 6.18. The summed E-state index contributed by atoms with van der Waals surface area (Å²) in [5.74, 6) is 0. The molecular formula is C21H22N4O2S. The molecule has 0 saturated heterocycles. The maximum atomic E-state index is 13.3. The van der Waals surface area contributed by atoms with Crippen molar-refractivity contribution < 1.29 is 8.42 Å². The molecule has 0 unspecified atom stereocenters. The lowest BCUT2D eigenvalue weighted by atomic mass is 10.2. The highest BCUT2D eigenvalue weighted by molar-refractivity contribution is 7.89. The van der Waals surface area contributed by atoms with Gasteiger partial charge in [-0.3, -0.25) is 9.98 Å². The molecule has 2 aromatic carbocycles. The van der Waals surface area contributed by atoms with Gasteiger partial charge in [0.15, 0.2) is 0 Å². The molecular weight excluding hydrogens is 372 g/mol. The van der Waals surface area contributed by atoms with Gasteiger partial charge in [-0.1, -0.05) is 30.3 Å². The number of hydrogen-bond acceptors (Lipinski definition) is 5. The Balaban J connectivity index is 1.94. The Morgan fingerprint density at radius 1 is 1.00 bits per heavy atom. The van der Waals surface area contributed by atoms with E-state index in [-0.39, 0.29) is 18.0 Å². The van der Waals surface area contributed by atoms with Crippen molar-refractivity contribution in [1.29, 1.82) is 0 Å². The number of rotatable bonds is 7. The summed E-state index contributed by atoms with van der Waals surface area (Å²) in [6, 6.07) is 19.3. The van der Waals surface area contributed by atoms with Crippen LogP contribution < -0.4 is 5.73 Å². The molecule has 0 atom stereocenters. The number of nitrogens with two attached hydrogens (primary N) is 1. The Labute approximate surface area is 165 Å². The molecule has 0 amide bonds. The van der Waals surface area contributed by atoms with Crippen molar-refractivity contribution in [2.45, 2.75) is 18.0 Å². The van der Waals surface area contributed by atoms with Crippen molar-refractivity contribution in [2.75, 3.05) is 12.8 Å². The van der Waals surface area contributed by atoms with Gasteiger partial charge in [-0.25, -0.2) is 8.42 Å². The fourth-order valence-electron chi connectivity index (χ4n) is 2.75. The van der Waals surface area contributed by atoms with Crippen LogP contribution in [0.3, 0.4) is 0 Å². The normalized spacial score (nSPS) is 11.9. The van der Waals surface area contributed by atoms with E-state index >= 15 is 0 Å². The number of anilines is 1. The second-order valence-corrected chi connectivity index (χ2v) is 8.23. The van der Waals surface area contributed by atoms with Gasteiger partial charge in [-0.05, 0) is 47.5 Å². The molecule has 0 bridgehead atoms.